The maximum Gasteiger partial charge on any atom is 0.0651 e. The van der Waals surface area contributed by atoms with Gasteiger partial charge in [0.1, 0.15) is 0 Å². The molecule has 1 heteroatoms. The fraction of sp³-hybridized carbons (Fsp3) is 0.0545. The van der Waals surface area contributed by atoms with Crippen LogP contribution in [0.2, 0.25) is 0 Å². The Labute approximate surface area is 335 Å². The molecule has 0 saturated heterocycles. The summed E-state index contributed by atoms with van der Waals surface area (Å²) < 4.78 is 37.3. The van der Waals surface area contributed by atoms with E-state index in [1.54, 1.807) is 0 Å². The first-order chi connectivity index (χ1) is 29.2. The van der Waals surface area contributed by atoms with Gasteiger partial charge < -0.3 is 4.90 Å². The summed E-state index contributed by atoms with van der Waals surface area (Å²) in [6.45, 7) is 4.59. The first-order valence-electron chi connectivity index (χ1n) is 21.2. The van der Waals surface area contributed by atoms with Gasteiger partial charge in [-0.05, 0) is 120 Å². The molecule has 0 atom stereocenters. The van der Waals surface area contributed by atoms with Gasteiger partial charge in [-0.1, -0.05) is 184 Å². The number of hydrogen-bond donors (Lipinski definition) is 0. The molecule has 0 unspecified atom stereocenters. The molecule has 0 spiro atoms. The van der Waals surface area contributed by atoms with Gasteiger partial charge in [-0.15, -0.1) is 0 Å². The third-order valence-corrected chi connectivity index (χ3v) is 11.3. The molecule has 0 saturated carbocycles. The molecule has 266 valence electrons. The third-order valence-electron chi connectivity index (χ3n) is 11.3. The molecule has 56 heavy (non-hydrogen) atoms. The molecule has 0 N–H and O–H groups in total. The Balaban J connectivity index is 1.10. The number of benzene rings is 9. The van der Waals surface area contributed by atoms with Crippen LogP contribution in [-0.2, 0) is 5.41 Å². The number of anilines is 3. The molecule has 0 heterocycles. The van der Waals surface area contributed by atoms with Crippen molar-refractivity contribution in [1.29, 1.82) is 0 Å². The molecule has 1 nitrogen and oxygen atoms in total. The molecular weight excluding hydrogens is 675 g/mol. The lowest BCUT2D eigenvalue weighted by Crippen LogP contribution is -2.16. The standard InChI is InChI=1S/C55H41N/c1-55(2)53-21-9-8-18-51(53)52-20-11-19-50(54(52)55)43-30-34-48(35-31-43)56(49-17-10-16-45(37-49)46-27-26-39-14-6-7-15-44(39)36-46)47-32-28-42(29-33-47)41-24-22-40(23-25-41)38-12-4-3-5-13-38/h3-37H,1-2H3/i10D,16D,17D,37D. The summed E-state index contributed by atoms with van der Waals surface area (Å²) in [7, 11) is 0. The molecule has 10 rings (SSSR count). The van der Waals surface area contributed by atoms with Crippen molar-refractivity contribution in [3.63, 3.8) is 0 Å². The van der Waals surface area contributed by atoms with Crippen LogP contribution in [-0.4, -0.2) is 0 Å². The van der Waals surface area contributed by atoms with Crippen molar-refractivity contribution in [3.05, 3.63) is 223 Å². The van der Waals surface area contributed by atoms with Gasteiger partial charge in [0.15, 0.2) is 0 Å². The highest BCUT2D eigenvalue weighted by Crippen LogP contribution is 2.52. The lowest BCUT2D eigenvalue weighted by atomic mass is 9.79. The minimum absolute atomic E-state index is 0.0290. The van der Waals surface area contributed by atoms with Crippen molar-refractivity contribution in [2.75, 3.05) is 4.90 Å². The van der Waals surface area contributed by atoms with Crippen LogP contribution < -0.4 is 4.90 Å². The van der Waals surface area contributed by atoms with E-state index in [-0.39, 0.29) is 35.3 Å². The smallest absolute Gasteiger partial charge is 0.0651 e. The van der Waals surface area contributed by atoms with E-state index in [0.29, 0.717) is 11.1 Å². The van der Waals surface area contributed by atoms with E-state index in [2.05, 4.69) is 117 Å². The van der Waals surface area contributed by atoms with Crippen LogP contribution in [0, 0.1) is 0 Å². The van der Waals surface area contributed by atoms with Crippen molar-refractivity contribution < 1.29 is 5.48 Å². The molecule has 0 bridgehead atoms. The normalized spacial score (nSPS) is 13.6. The van der Waals surface area contributed by atoms with E-state index in [1.807, 2.05) is 89.8 Å². The zero-order chi connectivity index (χ0) is 41.1. The third kappa shape index (κ3) is 5.90. The second-order valence-electron chi connectivity index (χ2n) is 15.1. The van der Waals surface area contributed by atoms with E-state index in [0.717, 1.165) is 44.4 Å². The van der Waals surface area contributed by atoms with Crippen molar-refractivity contribution in [2.24, 2.45) is 0 Å². The van der Waals surface area contributed by atoms with Gasteiger partial charge >= 0.3 is 0 Å². The maximum absolute atomic E-state index is 9.77. The number of fused-ring (bicyclic) bond motifs is 4. The highest BCUT2D eigenvalue weighted by molar-refractivity contribution is 5.90. The predicted molar refractivity (Wildman–Crippen MR) is 238 cm³/mol. The van der Waals surface area contributed by atoms with E-state index in [9.17, 15) is 2.74 Å². The topological polar surface area (TPSA) is 3.24 Å². The molecule has 1 aliphatic rings. The highest BCUT2D eigenvalue weighted by atomic mass is 15.1. The molecule has 1 aliphatic carbocycles. The molecule has 0 aromatic heterocycles. The van der Waals surface area contributed by atoms with Gasteiger partial charge in [0.05, 0.1) is 5.48 Å². The Hall–Kier alpha value is -6.96. The minimum Gasteiger partial charge on any atom is -0.310 e. The van der Waals surface area contributed by atoms with Crippen molar-refractivity contribution in [2.45, 2.75) is 19.3 Å². The summed E-state index contributed by atoms with van der Waals surface area (Å²) in [5.74, 6) is 0. The van der Waals surface area contributed by atoms with Crippen LogP contribution in [0.25, 0.3) is 66.4 Å². The van der Waals surface area contributed by atoms with Gasteiger partial charge in [-0.3, -0.25) is 0 Å². The van der Waals surface area contributed by atoms with E-state index >= 15 is 0 Å². The molecule has 0 amide bonds. The fourth-order valence-corrected chi connectivity index (χ4v) is 8.51. The number of hydrogen-bond acceptors (Lipinski definition) is 1. The SMILES string of the molecule is [2H]c1c([2H])c(-c2ccc3ccccc3c2)c([2H])c(N(c2ccc(-c3ccc(-c4ccccc4)cc3)cc2)c2ccc(-c3cccc4c3C(C)(C)c3ccccc3-4)cc2)c1[2H]. The van der Waals surface area contributed by atoms with Crippen LogP contribution in [0.1, 0.15) is 30.5 Å². The Morgan fingerprint density at radius 2 is 0.929 bits per heavy atom. The summed E-state index contributed by atoms with van der Waals surface area (Å²) in [4.78, 5) is 1.91. The molecule has 0 radical (unpaired) electrons. The Bertz CT molecular complexity index is 3080. The summed E-state index contributed by atoms with van der Waals surface area (Å²) in [5, 5.41) is 2.03. The van der Waals surface area contributed by atoms with Crippen molar-refractivity contribution in [1.82, 2.24) is 0 Å². The molecule has 0 aliphatic heterocycles. The average Bonchev–Trinajstić information content (AvgIpc) is 3.53. The van der Waals surface area contributed by atoms with Gasteiger partial charge in [0.2, 0.25) is 0 Å². The first kappa shape index (κ1) is 29.4. The van der Waals surface area contributed by atoms with Crippen LogP contribution in [0.5, 0.6) is 0 Å². The Kier molecular flexibility index (Phi) is 7.20. The molecule has 0 fully saturated rings. The van der Waals surface area contributed by atoms with Crippen molar-refractivity contribution >= 4 is 27.8 Å². The largest absolute Gasteiger partial charge is 0.310 e. The number of nitrogens with zero attached hydrogens (tertiary/aromatic N) is 1. The van der Waals surface area contributed by atoms with E-state index in [4.69, 9.17) is 2.74 Å². The van der Waals surface area contributed by atoms with Crippen LogP contribution >= 0.6 is 0 Å². The quantitative estimate of drug-likeness (QED) is 0.159. The summed E-state index contributed by atoms with van der Waals surface area (Å²) in [6, 6.07) is 64.0. The lowest BCUT2D eigenvalue weighted by molar-refractivity contribution is 0.662. The minimum atomic E-state index is -0.220. The van der Waals surface area contributed by atoms with E-state index in [1.165, 1.54) is 33.4 Å². The van der Waals surface area contributed by atoms with Gasteiger partial charge in [0.25, 0.3) is 0 Å². The summed E-state index contributed by atoms with van der Waals surface area (Å²) in [5.41, 5.74) is 14.4. The van der Waals surface area contributed by atoms with Crippen molar-refractivity contribution in [3.8, 4) is 55.6 Å². The Morgan fingerprint density at radius 3 is 1.64 bits per heavy atom. The van der Waals surface area contributed by atoms with E-state index < -0.39 is 0 Å². The molecule has 9 aromatic rings. The zero-order valence-corrected chi connectivity index (χ0v) is 31.3. The second kappa shape index (κ2) is 13.7. The first-order valence-corrected chi connectivity index (χ1v) is 19.2. The molecule has 9 aromatic carbocycles. The fourth-order valence-electron chi connectivity index (χ4n) is 8.51. The maximum atomic E-state index is 9.77. The van der Waals surface area contributed by atoms with Crippen LogP contribution in [0.4, 0.5) is 17.1 Å². The summed E-state index contributed by atoms with van der Waals surface area (Å²) >= 11 is 0. The zero-order valence-electron chi connectivity index (χ0n) is 35.3. The van der Waals surface area contributed by atoms with Crippen LogP contribution in [0.15, 0.2) is 212 Å². The predicted octanol–water partition coefficient (Wildman–Crippen LogP) is 15.3. The molecular formula is C55H41N. The highest BCUT2D eigenvalue weighted by Gasteiger charge is 2.37. The van der Waals surface area contributed by atoms with Gasteiger partial charge in [-0.25, -0.2) is 0 Å². The second-order valence-corrected chi connectivity index (χ2v) is 15.1. The van der Waals surface area contributed by atoms with Gasteiger partial charge in [-0.2, -0.15) is 0 Å². The average molecular weight is 720 g/mol. The lowest BCUT2D eigenvalue weighted by Gasteiger charge is -2.27. The van der Waals surface area contributed by atoms with Gasteiger partial charge in [0, 0.05) is 22.5 Å². The monoisotopic (exact) mass is 719 g/mol. The summed E-state index contributed by atoms with van der Waals surface area (Å²) in [6.07, 6.45) is 0. The van der Waals surface area contributed by atoms with Crippen LogP contribution in [0.3, 0.4) is 0 Å². The Morgan fingerprint density at radius 1 is 0.393 bits per heavy atom. The number of rotatable bonds is 7.